The third-order valence-electron chi connectivity index (χ3n) is 5.09. The van der Waals surface area contributed by atoms with Crippen molar-refractivity contribution in [3.8, 4) is 11.5 Å². The van der Waals surface area contributed by atoms with Crippen LogP contribution in [-0.2, 0) is 27.8 Å². The molecule has 0 bridgehead atoms. The Morgan fingerprint density at radius 2 is 1.47 bits per heavy atom. The highest BCUT2D eigenvalue weighted by Crippen LogP contribution is 2.22. The van der Waals surface area contributed by atoms with Gasteiger partial charge in [-0.05, 0) is 53.9 Å². The van der Waals surface area contributed by atoms with Gasteiger partial charge in [-0.15, -0.1) is 0 Å². The number of carbonyl (C=O) groups is 1. The molecule has 1 amide bonds. The van der Waals surface area contributed by atoms with Crippen LogP contribution in [0.2, 0.25) is 0 Å². The molecule has 34 heavy (non-hydrogen) atoms. The number of rotatable bonds is 12. The molecule has 3 aromatic carbocycles. The molecule has 0 aliphatic rings. The third kappa shape index (κ3) is 7.81. The number of benzene rings is 3. The zero-order chi connectivity index (χ0) is 24.4. The lowest BCUT2D eigenvalue weighted by atomic mass is 10.2. The van der Waals surface area contributed by atoms with Gasteiger partial charge >= 0.3 is 0 Å². The number of ether oxygens (including phenoxy) is 2. The first kappa shape index (κ1) is 25.1. The van der Waals surface area contributed by atoms with E-state index in [2.05, 4.69) is 12.2 Å². The number of nitrogens with one attached hydrogen (secondary N) is 1. The summed E-state index contributed by atoms with van der Waals surface area (Å²) in [5.41, 5.74) is 2.64. The number of sulfonamides is 1. The smallest absolute Gasteiger partial charge is 0.240 e. The standard InChI is InChI=1S/C26H30N2O5S/c1-3-21-9-13-24(14-10-21)32-18-17-27-26(29)19-28(34(2,30)31)23-11-15-25(16-12-23)33-20-22-7-5-4-6-8-22/h4-16H,3,17-20H2,1-2H3,(H,27,29). The van der Waals surface area contributed by atoms with Crippen LogP contribution >= 0.6 is 0 Å². The molecule has 180 valence electrons. The van der Waals surface area contributed by atoms with Gasteiger partial charge in [-0.2, -0.15) is 0 Å². The van der Waals surface area contributed by atoms with Crippen molar-refractivity contribution in [1.29, 1.82) is 0 Å². The zero-order valence-electron chi connectivity index (χ0n) is 19.4. The van der Waals surface area contributed by atoms with E-state index in [1.54, 1.807) is 24.3 Å². The number of nitrogens with zero attached hydrogens (tertiary/aromatic N) is 1. The van der Waals surface area contributed by atoms with Crippen LogP contribution < -0.4 is 19.1 Å². The van der Waals surface area contributed by atoms with Crippen molar-refractivity contribution in [2.75, 3.05) is 30.3 Å². The van der Waals surface area contributed by atoms with E-state index in [-0.39, 0.29) is 19.7 Å². The summed E-state index contributed by atoms with van der Waals surface area (Å²) < 4.78 is 37.1. The number of anilines is 1. The van der Waals surface area contributed by atoms with Gasteiger partial charge in [0.2, 0.25) is 15.9 Å². The first-order valence-electron chi connectivity index (χ1n) is 11.1. The average Bonchev–Trinajstić information content (AvgIpc) is 2.84. The van der Waals surface area contributed by atoms with Gasteiger partial charge in [0, 0.05) is 0 Å². The highest BCUT2D eigenvalue weighted by atomic mass is 32.2. The van der Waals surface area contributed by atoms with Crippen molar-refractivity contribution in [1.82, 2.24) is 5.32 Å². The molecule has 0 atom stereocenters. The maximum absolute atomic E-state index is 12.4. The lowest BCUT2D eigenvalue weighted by molar-refractivity contribution is -0.119. The lowest BCUT2D eigenvalue weighted by Gasteiger charge is -2.22. The third-order valence-corrected chi connectivity index (χ3v) is 6.23. The van der Waals surface area contributed by atoms with E-state index < -0.39 is 15.9 Å². The van der Waals surface area contributed by atoms with Gasteiger partial charge in [-0.1, -0.05) is 49.4 Å². The van der Waals surface area contributed by atoms with E-state index in [4.69, 9.17) is 9.47 Å². The van der Waals surface area contributed by atoms with Crippen LogP contribution in [-0.4, -0.2) is 40.3 Å². The average molecular weight is 483 g/mol. The Morgan fingerprint density at radius 3 is 2.09 bits per heavy atom. The largest absolute Gasteiger partial charge is 0.492 e. The van der Waals surface area contributed by atoms with Crippen molar-refractivity contribution >= 4 is 21.6 Å². The molecule has 8 heteroatoms. The van der Waals surface area contributed by atoms with Gasteiger partial charge in [0.25, 0.3) is 0 Å². The van der Waals surface area contributed by atoms with Crippen molar-refractivity contribution in [2.24, 2.45) is 0 Å². The van der Waals surface area contributed by atoms with Crippen molar-refractivity contribution in [2.45, 2.75) is 20.0 Å². The molecule has 0 aliphatic heterocycles. The molecule has 1 N–H and O–H groups in total. The molecule has 0 unspecified atom stereocenters. The molecule has 0 radical (unpaired) electrons. The minimum absolute atomic E-state index is 0.262. The lowest BCUT2D eigenvalue weighted by Crippen LogP contribution is -2.41. The Morgan fingerprint density at radius 1 is 0.853 bits per heavy atom. The molecule has 3 aromatic rings. The Bertz CT molecular complexity index is 1150. The Labute approximate surface area is 201 Å². The van der Waals surface area contributed by atoms with Gasteiger partial charge in [0.15, 0.2) is 0 Å². The summed E-state index contributed by atoms with van der Waals surface area (Å²) in [4.78, 5) is 12.4. The van der Waals surface area contributed by atoms with Crippen LogP contribution in [0, 0.1) is 0 Å². The molecule has 0 saturated carbocycles. The fourth-order valence-electron chi connectivity index (χ4n) is 3.22. The van der Waals surface area contributed by atoms with E-state index in [0.29, 0.717) is 18.0 Å². The van der Waals surface area contributed by atoms with E-state index in [0.717, 1.165) is 28.3 Å². The van der Waals surface area contributed by atoms with E-state index in [9.17, 15) is 13.2 Å². The molecule has 0 heterocycles. The highest BCUT2D eigenvalue weighted by Gasteiger charge is 2.20. The van der Waals surface area contributed by atoms with Gasteiger partial charge in [0.1, 0.15) is 31.3 Å². The maximum atomic E-state index is 12.4. The summed E-state index contributed by atoms with van der Waals surface area (Å²) in [6.07, 6.45) is 2.03. The fourth-order valence-corrected chi connectivity index (χ4v) is 4.07. The van der Waals surface area contributed by atoms with Crippen LogP contribution in [0.1, 0.15) is 18.1 Å². The van der Waals surface area contributed by atoms with Crippen molar-refractivity contribution < 1.29 is 22.7 Å². The van der Waals surface area contributed by atoms with E-state index in [1.807, 2.05) is 54.6 Å². The van der Waals surface area contributed by atoms with Gasteiger partial charge < -0.3 is 14.8 Å². The molecular formula is C26H30N2O5S. The zero-order valence-corrected chi connectivity index (χ0v) is 20.3. The van der Waals surface area contributed by atoms with Gasteiger partial charge in [-0.25, -0.2) is 8.42 Å². The second-order valence-electron chi connectivity index (χ2n) is 7.73. The van der Waals surface area contributed by atoms with Crippen LogP contribution in [0.15, 0.2) is 78.9 Å². The van der Waals surface area contributed by atoms with E-state index >= 15 is 0 Å². The summed E-state index contributed by atoms with van der Waals surface area (Å²) in [5.74, 6) is 0.910. The molecular weight excluding hydrogens is 452 g/mol. The quantitative estimate of drug-likeness (QED) is 0.397. The first-order chi connectivity index (χ1) is 16.3. The minimum Gasteiger partial charge on any atom is -0.492 e. The second-order valence-corrected chi connectivity index (χ2v) is 9.64. The summed E-state index contributed by atoms with van der Waals surface area (Å²) in [5, 5.41) is 2.70. The number of hydrogen-bond donors (Lipinski definition) is 1. The van der Waals surface area contributed by atoms with Crippen LogP contribution in [0.4, 0.5) is 5.69 Å². The van der Waals surface area contributed by atoms with Crippen LogP contribution in [0.25, 0.3) is 0 Å². The number of aryl methyl sites for hydroxylation is 1. The maximum Gasteiger partial charge on any atom is 0.240 e. The van der Waals surface area contributed by atoms with E-state index in [1.165, 1.54) is 5.56 Å². The Kier molecular flexibility index (Phi) is 8.93. The summed E-state index contributed by atoms with van der Waals surface area (Å²) >= 11 is 0. The topological polar surface area (TPSA) is 84.9 Å². The summed E-state index contributed by atoms with van der Waals surface area (Å²) in [7, 11) is -3.66. The minimum atomic E-state index is -3.66. The molecule has 3 rings (SSSR count). The number of carbonyl (C=O) groups excluding carboxylic acids is 1. The molecule has 0 fully saturated rings. The second kappa shape index (κ2) is 12.1. The van der Waals surface area contributed by atoms with Crippen molar-refractivity contribution in [3.63, 3.8) is 0 Å². The Balaban J connectivity index is 1.51. The molecule has 0 aromatic heterocycles. The number of amides is 1. The van der Waals surface area contributed by atoms with Gasteiger partial charge in [-0.3, -0.25) is 9.10 Å². The Hall–Kier alpha value is -3.52. The van der Waals surface area contributed by atoms with Crippen LogP contribution in [0.3, 0.4) is 0 Å². The van der Waals surface area contributed by atoms with Crippen molar-refractivity contribution in [3.05, 3.63) is 90.0 Å². The molecule has 0 spiro atoms. The summed E-state index contributed by atoms with van der Waals surface area (Å²) in [6.45, 7) is 2.71. The fraction of sp³-hybridized carbons (Fsp3) is 0.269. The molecule has 0 saturated heterocycles. The SMILES string of the molecule is CCc1ccc(OCCNC(=O)CN(c2ccc(OCc3ccccc3)cc2)S(C)(=O)=O)cc1. The van der Waals surface area contributed by atoms with Gasteiger partial charge in [0.05, 0.1) is 18.5 Å². The predicted octanol–water partition coefficient (Wildman–Crippen LogP) is 3.79. The highest BCUT2D eigenvalue weighted by molar-refractivity contribution is 7.92. The first-order valence-corrected chi connectivity index (χ1v) is 12.9. The summed E-state index contributed by atoms with van der Waals surface area (Å²) in [6, 6.07) is 24.1. The van der Waals surface area contributed by atoms with Crippen LogP contribution in [0.5, 0.6) is 11.5 Å². The monoisotopic (exact) mass is 482 g/mol. The predicted molar refractivity (Wildman–Crippen MR) is 134 cm³/mol. The molecule has 0 aliphatic carbocycles. The normalized spacial score (nSPS) is 11.0. The molecule has 7 nitrogen and oxygen atoms in total. The number of hydrogen-bond acceptors (Lipinski definition) is 5.